The number of fused-ring (bicyclic) bond motifs is 1. The van der Waals surface area contributed by atoms with Crippen LogP contribution in [-0.4, -0.2) is 35.4 Å². The first-order valence-electron chi connectivity index (χ1n) is 3.94. The van der Waals surface area contributed by atoms with Gasteiger partial charge in [-0.25, -0.2) is 0 Å². The van der Waals surface area contributed by atoms with Crippen LogP contribution in [0.15, 0.2) is 0 Å². The summed E-state index contributed by atoms with van der Waals surface area (Å²) in [5, 5.41) is 0. The van der Waals surface area contributed by atoms with Gasteiger partial charge in [-0.1, -0.05) is 0 Å². The Balaban J connectivity index is 2.44. The highest BCUT2D eigenvalue weighted by Gasteiger charge is 2.87. The van der Waals surface area contributed by atoms with E-state index < -0.39 is 35.4 Å². The van der Waals surface area contributed by atoms with Gasteiger partial charge in [0.15, 0.2) is 0 Å². The zero-order chi connectivity index (χ0) is 12.2. The number of halogens is 6. The lowest BCUT2D eigenvalue weighted by Crippen LogP contribution is -2.74. The Morgan fingerprint density at radius 3 is 1.25 bits per heavy atom. The molecule has 0 spiro atoms. The van der Waals surface area contributed by atoms with Gasteiger partial charge in [-0.2, -0.15) is 26.3 Å². The third kappa shape index (κ3) is 1.33. The summed E-state index contributed by atoms with van der Waals surface area (Å²) in [5.41, 5.74) is 0. The summed E-state index contributed by atoms with van der Waals surface area (Å²) in [6, 6.07) is 0. The van der Waals surface area contributed by atoms with Crippen molar-refractivity contribution in [1.82, 2.24) is 0 Å². The Hall–Kier alpha value is 0.200. The topological polar surface area (TPSA) is 18.5 Å². The molecule has 0 bridgehead atoms. The lowest BCUT2D eigenvalue weighted by molar-refractivity contribution is -0.367. The Bertz CT molecular complexity index is 274. The second-order valence-corrected chi connectivity index (χ2v) is 5.58. The van der Waals surface area contributed by atoms with Crippen LogP contribution in [0, 0.1) is 0 Å². The van der Waals surface area contributed by atoms with Crippen LogP contribution in [0.3, 0.4) is 0 Å². The molecule has 94 valence electrons. The zero-order valence-electron chi connectivity index (χ0n) is 7.31. The van der Waals surface area contributed by atoms with Crippen LogP contribution in [-0.2, 0) is 9.47 Å². The van der Waals surface area contributed by atoms with E-state index in [4.69, 9.17) is 0 Å². The number of ether oxygens (including phenoxy) is 2. The summed E-state index contributed by atoms with van der Waals surface area (Å²) in [4.78, 5) is -6.66. The van der Waals surface area contributed by atoms with Crippen molar-refractivity contribution in [3.05, 3.63) is 0 Å². The van der Waals surface area contributed by atoms with Gasteiger partial charge in [0.1, 0.15) is 0 Å². The average Bonchev–Trinajstić information content (AvgIpc) is 2.02. The fraction of sp³-hybridized carbons (Fsp3) is 1.00. The fourth-order valence-corrected chi connectivity index (χ4v) is 4.63. The highest BCUT2D eigenvalue weighted by Crippen LogP contribution is 2.75. The van der Waals surface area contributed by atoms with Crippen LogP contribution in [0.2, 0.25) is 0 Å². The van der Waals surface area contributed by atoms with E-state index in [-0.39, 0.29) is 21.6 Å². The van der Waals surface area contributed by atoms with Gasteiger partial charge in [0.05, 0.1) is 13.2 Å². The van der Waals surface area contributed by atoms with Gasteiger partial charge in [-0.3, -0.25) is 0 Å². The highest BCUT2D eigenvalue weighted by molar-refractivity contribution is 8.80. The van der Waals surface area contributed by atoms with E-state index in [0.29, 0.717) is 0 Å². The smallest absolute Gasteiger partial charge is 0.349 e. The summed E-state index contributed by atoms with van der Waals surface area (Å²) in [6.07, 6.45) is -10.3. The molecule has 2 aliphatic heterocycles. The van der Waals surface area contributed by atoms with E-state index in [9.17, 15) is 26.3 Å². The summed E-state index contributed by atoms with van der Waals surface area (Å²) in [6.45, 7) is -1.02. The minimum absolute atomic E-state index is 0.00618. The van der Waals surface area contributed by atoms with Crippen molar-refractivity contribution in [2.24, 2.45) is 0 Å². The standard InChI is InChI=1S/C6H4F6O2S2/c7-5(8,9)3-4(16-15-3,6(10,11)12)14-2-1-13-3/h1-2H2. The van der Waals surface area contributed by atoms with Crippen molar-refractivity contribution < 1.29 is 35.8 Å². The second-order valence-electron chi connectivity index (χ2n) is 3.09. The number of alkyl halides is 6. The lowest BCUT2D eigenvalue weighted by atomic mass is 10.1. The van der Waals surface area contributed by atoms with E-state index in [1.54, 1.807) is 0 Å². The van der Waals surface area contributed by atoms with Crippen molar-refractivity contribution in [2.75, 3.05) is 13.2 Å². The number of rotatable bonds is 0. The minimum Gasteiger partial charge on any atom is -0.349 e. The minimum atomic E-state index is -5.14. The molecule has 0 saturated carbocycles. The SMILES string of the molecule is FC(F)(F)C12OCCOC1(C(F)(F)F)SS2. The normalized spacial score (nSPS) is 40.1. The van der Waals surface area contributed by atoms with E-state index in [2.05, 4.69) is 9.47 Å². The molecule has 2 rings (SSSR count). The van der Waals surface area contributed by atoms with Gasteiger partial charge in [0.25, 0.3) is 9.87 Å². The molecular weight excluding hydrogens is 282 g/mol. The molecular formula is C6H4F6O2S2. The van der Waals surface area contributed by atoms with Crippen LogP contribution in [0.4, 0.5) is 26.3 Å². The fourth-order valence-electron chi connectivity index (χ4n) is 1.43. The van der Waals surface area contributed by atoms with Crippen molar-refractivity contribution in [3.8, 4) is 0 Å². The molecule has 10 heteroatoms. The van der Waals surface area contributed by atoms with Gasteiger partial charge in [0.2, 0.25) is 0 Å². The summed E-state index contributed by atoms with van der Waals surface area (Å²) >= 11 is 0. The van der Waals surface area contributed by atoms with Gasteiger partial charge in [-0.15, -0.1) is 0 Å². The Morgan fingerprint density at radius 2 is 1.06 bits per heavy atom. The third-order valence-electron chi connectivity index (χ3n) is 2.15. The number of hydrogen-bond acceptors (Lipinski definition) is 4. The Labute approximate surface area is 93.4 Å². The molecule has 0 amide bonds. The monoisotopic (exact) mass is 286 g/mol. The van der Waals surface area contributed by atoms with Gasteiger partial charge in [-0.05, 0) is 21.6 Å². The maximum atomic E-state index is 12.7. The van der Waals surface area contributed by atoms with Crippen LogP contribution in [0.1, 0.15) is 0 Å². The van der Waals surface area contributed by atoms with Crippen LogP contribution >= 0.6 is 21.6 Å². The van der Waals surface area contributed by atoms with Gasteiger partial charge < -0.3 is 9.47 Å². The Morgan fingerprint density at radius 1 is 0.750 bits per heavy atom. The zero-order valence-corrected chi connectivity index (χ0v) is 8.95. The molecule has 2 unspecified atom stereocenters. The summed E-state index contributed by atoms with van der Waals surface area (Å²) in [7, 11) is -0.0124. The highest BCUT2D eigenvalue weighted by atomic mass is 33.1. The molecule has 0 aromatic heterocycles. The molecule has 2 fully saturated rings. The van der Waals surface area contributed by atoms with Gasteiger partial charge >= 0.3 is 12.4 Å². The molecule has 2 heterocycles. The first kappa shape index (κ1) is 12.7. The van der Waals surface area contributed by atoms with Crippen LogP contribution in [0.25, 0.3) is 0 Å². The first-order chi connectivity index (χ1) is 7.16. The number of hydrogen-bond donors (Lipinski definition) is 0. The molecule has 0 aliphatic carbocycles. The largest absolute Gasteiger partial charge is 0.432 e. The van der Waals surface area contributed by atoms with Crippen molar-refractivity contribution in [1.29, 1.82) is 0 Å². The average molecular weight is 286 g/mol. The first-order valence-corrected chi connectivity index (χ1v) is 6.09. The van der Waals surface area contributed by atoms with E-state index in [1.807, 2.05) is 0 Å². The molecule has 16 heavy (non-hydrogen) atoms. The summed E-state index contributed by atoms with van der Waals surface area (Å²) < 4.78 is 84.6. The van der Waals surface area contributed by atoms with E-state index >= 15 is 0 Å². The van der Waals surface area contributed by atoms with E-state index in [0.717, 1.165) is 0 Å². The van der Waals surface area contributed by atoms with Crippen LogP contribution in [0.5, 0.6) is 0 Å². The third-order valence-corrected chi connectivity index (χ3v) is 5.76. The molecule has 2 aliphatic rings. The Kier molecular flexibility index (Phi) is 2.66. The lowest BCUT2D eigenvalue weighted by Gasteiger charge is -2.57. The molecule has 0 aromatic carbocycles. The second kappa shape index (κ2) is 3.36. The molecule has 2 atom stereocenters. The maximum absolute atomic E-state index is 12.7. The van der Waals surface area contributed by atoms with E-state index in [1.165, 1.54) is 0 Å². The predicted octanol–water partition coefficient (Wildman–Crippen LogP) is 2.95. The van der Waals surface area contributed by atoms with Crippen molar-refractivity contribution >= 4 is 21.6 Å². The quantitative estimate of drug-likeness (QED) is 0.503. The molecule has 0 radical (unpaired) electrons. The molecule has 2 saturated heterocycles. The molecule has 0 N–H and O–H groups in total. The van der Waals surface area contributed by atoms with Crippen molar-refractivity contribution in [2.45, 2.75) is 22.2 Å². The van der Waals surface area contributed by atoms with Crippen LogP contribution < -0.4 is 0 Å². The molecule has 2 nitrogen and oxygen atoms in total. The van der Waals surface area contributed by atoms with Gasteiger partial charge in [0, 0.05) is 0 Å². The predicted molar refractivity (Wildman–Crippen MR) is 44.7 cm³/mol. The molecule has 0 aromatic rings. The maximum Gasteiger partial charge on any atom is 0.432 e. The summed E-state index contributed by atoms with van der Waals surface area (Å²) in [5.74, 6) is 0. The van der Waals surface area contributed by atoms with Crippen molar-refractivity contribution in [3.63, 3.8) is 0 Å².